The summed E-state index contributed by atoms with van der Waals surface area (Å²) in [5, 5.41) is 12.7. The van der Waals surface area contributed by atoms with Gasteiger partial charge in [-0.1, -0.05) is 57.1 Å². The molecular formula is C21H25NO3. The summed E-state index contributed by atoms with van der Waals surface area (Å²) in [6.45, 7) is 13.1. The van der Waals surface area contributed by atoms with Crippen molar-refractivity contribution in [3.8, 4) is 0 Å². The van der Waals surface area contributed by atoms with E-state index in [0.717, 1.165) is 12.0 Å². The summed E-state index contributed by atoms with van der Waals surface area (Å²) in [4.78, 5) is 11.1. The van der Waals surface area contributed by atoms with Crippen LogP contribution in [-0.2, 0) is 10.8 Å². The number of fused-ring (bicyclic) bond motifs is 1. The number of hydrogen-bond donors (Lipinski definition) is 1. The number of benzene rings is 1. The zero-order valence-electron chi connectivity index (χ0n) is 15.3. The Kier molecular flexibility index (Phi) is 4.10. The second kappa shape index (κ2) is 5.87. The minimum atomic E-state index is -1.09. The largest absolute Gasteiger partial charge is 0.476 e. The summed E-state index contributed by atoms with van der Waals surface area (Å²) in [6, 6.07) is 8.00. The van der Waals surface area contributed by atoms with Crippen molar-refractivity contribution >= 4 is 5.97 Å². The van der Waals surface area contributed by atoms with Crippen LogP contribution in [0.5, 0.6) is 0 Å². The number of aromatic carboxylic acids is 1. The lowest BCUT2D eigenvalue weighted by atomic mass is 9.62. The SMILES string of the molecule is C=CC(c1ccc2c(c1)C(C)(C)CCC2(C)C)c1cc(C(=O)O)no1. The van der Waals surface area contributed by atoms with Crippen molar-refractivity contribution in [1.82, 2.24) is 5.16 Å². The molecule has 4 heteroatoms. The van der Waals surface area contributed by atoms with Gasteiger partial charge in [0, 0.05) is 6.07 Å². The quantitative estimate of drug-likeness (QED) is 0.793. The van der Waals surface area contributed by atoms with E-state index in [1.807, 2.05) is 0 Å². The fourth-order valence-electron chi connectivity index (χ4n) is 3.75. The predicted molar refractivity (Wildman–Crippen MR) is 97.2 cm³/mol. The Labute approximate surface area is 148 Å². The molecule has 0 amide bonds. The van der Waals surface area contributed by atoms with Crippen LogP contribution in [0.15, 0.2) is 41.4 Å². The van der Waals surface area contributed by atoms with E-state index < -0.39 is 5.97 Å². The van der Waals surface area contributed by atoms with Crippen molar-refractivity contribution in [3.05, 3.63) is 65.1 Å². The highest BCUT2D eigenvalue weighted by molar-refractivity contribution is 5.85. The molecule has 1 atom stereocenters. The molecule has 1 N–H and O–H groups in total. The first kappa shape index (κ1) is 17.5. The molecule has 1 aromatic heterocycles. The van der Waals surface area contributed by atoms with Crippen LogP contribution in [0.4, 0.5) is 0 Å². The molecule has 0 aliphatic heterocycles. The van der Waals surface area contributed by atoms with Gasteiger partial charge in [-0.3, -0.25) is 0 Å². The van der Waals surface area contributed by atoms with Gasteiger partial charge >= 0.3 is 5.97 Å². The van der Waals surface area contributed by atoms with Crippen LogP contribution in [0.3, 0.4) is 0 Å². The molecule has 25 heavy (non-hydrogen) atoms. The molecule has 0 fully saturated rings. The van der Waals surface area contributed by atoms with E-state index in [1.165, 1.54) is 23.6 Å². The second-order valence-electron chi connectivity index (χ2n) is 8.21. The standard InChI is InChI=1S/C21H25NO3/c1-6-14(18-12-17(19(23)24)22-25-18)13-7-8-15-16(11-13)21(4,5)10-9-20(15,2)3/h6-8,11-12,14H,1,9-10H2,2-5H3,(H,23,24). The van der Waals surface area contributed by atoms with Crippen molar-refractivity contribution in [1.29, 1.82) is 0 Å². The normalized spacial score (nSPS) is 19.0. The number of carbonyl (C=O) groups is 1. The van der Waals surface area contributed by atoms with Gasteiger partial charge in [0.2, 0.25) is 0 Å². The van der Waals surface area contributed by atoms with E-state index in [9.17, 15) is 4.79 Å². The summed E-state index contributed by atoms with van der Waals surface area (Å²) in [5.74, 6) is -0.807. The molecule has 1 aromatic carbocycles. The Morgan fingerprint density at radius 2 is 1.84 bits per heavy atom. The summed E-state index contributed by atoms with van der Waals surface area (Å²) in [5.41, 5.74) is 3.98. The van der Waals surface area contributed by atoms with E-state index >= 15 is 0 Å². The number of carboxylic acid groups (broad SMARTS) is 1. The van der Waals surface area contributed by atoms with E-state index in [0.29, 0.717) is 5.76 Å². The molecule has 3 rings (SSSR count). The van der Waals surface area contributed by atoms with Gasteiger partial charge in [-0.05, 0) is 40.4 Å². The lowest BCUT2D eigenvalue weighted by molar-refractivity contribution is 0.0685. The Morgan fingerprint density at radius 1 is 1.20 bits per heavy atom. The third-order valence-corrected chi connectivity index (χ3v) is 5.53. The van der Waals surface area contributed by atoms with Crippen LogP contribution >= 0.6 is 0 Å². The van der Waals surface area contributed by atoms with Crippen molar-refractivity contribution in [2.45, 2.75) is 57.3 Å². The van der Waals surface area contributed by atoms with Crippen molar-refractivity contribution < 1.29 is 14.4 Å². The Morgan fingerprint density at radius 3 is 2.40 bits per heavy atom. The molecule has 2 aromatic rings. The molecule has 1 heterocycles. The van der Waals surface area contributed by atoms with Gasteiger partial charge in [0.05, 0.1) is 5.92 Å². The first-order valence-electron chi connectivity index (χ1n) is 8.63. The van der Waals surface area contributed by atoms with Crippen LogP contribution in [0, 0.1) is 0 Å². The minimum Gasteiger partial charge on any atom is -0.476 e. The van der Waals surface area contributed by atoms with Gasteiger partial charge in [-0.2, -0.15) is 0 Å². The molecular weight excluding hydrogens is 314 g/mol. The van der Waals surface area contributed by atoms with Crippen molar-refractivity contribution in [2.75, 3.05) is 0 Å². The number of aromatic nitrogens is 1. The molecule has 1 unspecified atom stereocenters. The molecule has 132 valence electrons. The zero-order valence-corrected chi connectivity index (χ0v) is 15.3. The third kappa shape index (κ3) is 3.01. The smallest absolute Gasteiger partial charge is 0.358 e. The number of hydrogen-bond acceptors (Lipinski definition) is 3. The third-order valence-electron chi connectivity index (χ3n) is 5.53. The molecule has 0 saturated heterocycles. The Balaban J connectivity index is 2.07. The molecule has 1 aliphatic rings. The van der Waals surface area contributed by atoms with Gasteiger partial charge in [-0.25, -0.2) is 4.79 Å². The maximum Gasteiger partial charge on any atom is 0.358 e. The maximum atomic E-state index is 11.1. The van der Waals surface area contributed by atoms with Gasteiger partial charge in [-0.15, -0.1) is 6.58 Å². The minimum absolute atomic E-state index is 0.0822. The lowest BCUT2D eigenvalue weighted by Crippen LogP contribution is -2.34. The maximum absolute atomic E-state index is 11.1. The van der Waals surface area contributed by atoms with E-state index in [-0.39, 0.29) is 22.4 Å². The predicted octanol–water partition coefficient (Wildman–Crippen LogP) is 5.04. The Bertz CT molecular complexity index is 829. The molecule has 0 saturated carbocycles. The topological polar surface area (TPSA) is 63.3 Å². The van der Waals surface area contributed by atoms with Crippen molar-refractivity contribution in [3.63, 3.8) is 0 Å². The lowest BCUT2D eigenvalue weighted by Gasteiger charge is -2.42. The second-order valence-corrected chi connectivity index (χ2v) is 8.21. The van der Waals surface area contributed by atoms with Gasteiger partial charge in [0.1, 0.15) is 5.76 Å². The van der Waals surface area contributed by atoms with E-state index in [2.05, 4.69) is 57.6 Å². The van der Waals surface area contributed by atoms with Gasteiger partial charge in [0.15, 0.2) is 5.69 Å². The molecule has 0 bridgehead atoms. The van der Waals surface area contributed by atoms with Crippen molar-refractivity contribution in [2.24, 2.45) is 0 Å². The van der Waals surface area contributed by atoms with Crippen LogP contribution in [0.1, 0.15) is 79.4 Å². The first-order chi connectivity index (χ1) is 11.7. The van der Waals surface area contributed by atoms with Gasteiger partial charge in [0.25, 0.3) is 0 Å². The summed E-state index contributed by atoms with van der Waals surface area (Å²) < 4.78 is 5.27. The number of allylic oxidation sites excluding steroid dienone is 1. The fraction of sp³-hybridized carbons (Fsp3) is 0.429. The van der Waals surface area contributed by atoms with E-state index in [1.54, 1.807) is 6.08 Å². The first-order valence-corrected chi connectivity index (χ1v) is 8.63. The average molecular weight is 339 g/mol. The number of nitrogens with zero attached hydrogens (tertiary/aromatic N) is 1. The van der Waals surface area contributed by atoms with Crippen LogP contribution in [0.25, 0.3) is 0 Å². The number of rotatable bonds is 4. The van der Waals surface area contributed by atoms with Crippen LogP contribution in [-0.4, -0.2) is 16.2 Å². The summed E-state index contributed by atoms with van der Waals surface area (Å²) in [6.07, 6.45) is 4.08. The van der Waals surface area contributed by atoms with Crippen LogP contribution in [0.2, 0.25) is 0 Å². The molecule has 0 radical (unpaired) electrons. The van der Waals surface area contributed by atoms with Crippen LogP contribution < -0.4 is 0 Å². The highest BCUT2D eigenvalue weighted by Gasteiger charge is 2.37. The Hall–Kier alpha value is -2.36. The highest BCUT2D eigenvalue weighted by Crippen LogP contribution is 2.46. The molecule has 4 nitrogen and oxygen atoms in total. The highest BCUT2D eigenvalue weighted by atomic mass is 16.5. The molecule has 1 aliphatic carbocycles. The van der Waals surface area contributed by atoms with Gasteiger partial charge < -0.3 is 9.63 Å². The summed E-state index contributed by atoms with van der Waals surface area (Å²) >= 11 is 0. The fourth-order valence-corrected chi connectivity index (χ4v) is 3.75. The monoisotopic (exact) mass is 339 g/mol. The average Bonchev–Trinajstić information content (AvgIpc) is 3.03. The molecule has 0 spiro atoms. The van der Waals surface area contributed by atoms with E-state index in [4.69, 9.17) is 9.63 Å². The number of carboxylic acids is 1. The summed E-state index contributed by atoms with van der Waals surface area (Å²) in [7, 11) is 0. The zero-order chi connectivity index (χ0) is 18.4.